The van der Waals surface area contributed by atoms with Crippen molar-refractivity contribution >= 4 is 11.6 Å². The lowest BCUT2D eigenvalue weighted by Gasteiger charge is -2.19. The first-order chi connectivity index (χ1) is 9.10. The van der Waals surface area contributed by atoms with Gasteiger partial charge in [-0.25, -0.2) is 0 Å². The average Bonchev–Trinajstić information content (AvgIpc) is 2.74. The molecule has 0 aliphatic rings. The van der Waals surface area contributed by atoms with E-state index in [1.54, 1.807) is 0 Å². The van der Waals surface area contributed by atoms with E-state index in [1.807, 2.05) is 30.1 Å². The summed E-state index contributed by atoms with van der Waals surface area (Å²) in [4.78, 5) is 0. The van der Waals surface area contributed by atoms with Gasteiger partial charge in [0.05, 0.1) is 5.69 Å². The Labute approximate surface area is 119 Å². The zero-order chi connectivity index (χ0) is 13.8. The minimum Gasteiger partial charge on any atom is -0.310 e. The van der Waals surface area contributed by atoms with Crippen LogP contribution in [0.4, 0.5) is 0 Å². The highest BCUT2D eigenvalue weighted by molar-refractivity contribution is 6.31. The Morgan fingerprint density at radius 1 is 1.37 bits per heavy atom. The quantitative estimate of drug-likeness (QED) is 0.909. The number of benzene rings is 1. The number of aryl methyl sites for hydroxylation is 2. The minimum absolute atomic E-state index is 0.202. The maximum absolute atomic E-state index is 6.37. The number of nitrogens with one attached hydrogen (secondary N) is 1. The number of halogens is 1. The summed E-state index contributed by atoms with van der Waals surface area (Å²) in [5.74, 6) is 0. The van der Waals surface area contributed by atoms with Gasteiger partial charge in [0.1, 0.15) is 0 Å². The molecule has 3 nitrogen and oxygen atoms in total. The first-order valence-corrected chi connectivity index (χ1v) is 6.96. The molecule has 0 radical (unpaired) electrons. The van der Waals surface area contributed by atoms with Gasteiger partial charge in [-0.15, -0.1) is 0 Å². The van der Waals surface area contributed by atoms with Gasteiger partial charge in [-0.05, 0) is 36.7 Å². The molecule has 1 atom stereocenters. The molecule has 2 rings (SSSR count). The molecule has 1 aromatic carbocycles. The largest absolute Gasteiger partial charge is 0.310 e. The smallest absolute Gasteiger partial charge is 0.0643 e. The Bertz CT molecular complexity index is 548. The van der Waals surface area contributed by atoms with Crippen LogP contribution < -0.4 is 5.32 Å². The number of hydrogen-bond acceptors (Lipinski definition) is 2. The van der Waals surface area contributed by atoms with Crippen molar-refractivity contribution in [1.29, 1.82) is 0 Å². The fourth-order valence-electron chi connectivity index (χ4n) is 2.23. The van der Waals surface area contributed by atoms with Crippen molar-refractivity contribution in [3.8, 4) is 0 Å². The predicted octanol–water partition coefficient (Wildman–Crippen LogP) is 3.28. The second kappa shape index (κ2) is 6.22. The molecule has 102 valence electrons. The summed E-state index contributed by atoms with van der Waals surface area (Å²) in [5, 5.41) is 8.74. The zero-order valence-electron chi connectivity index (χ0n) is 11.7. The number of rotatable bonds is 5. The molecule has 0 fully saturated rings. The lowest BCUT2D eigenvalue weighted by atomic mass is 10.0. The highest BCUT2D eigenvalue weighted by Gasteiger charge is 2.15. The van der Waals surface area contributed by atoms with Crippen LogP contribution in [-0.2, 0) is 13.5 Å². The van der Waals surface area contributed by atoms with Crippen molar-refractivity contribution in [2.75, 3.05) is 6.54 Å². The molecule has 4 heteroatoms. The van der Waals surface area contributed by atoms with Gasteiger partial charge in [-0.1, -0.05) is 30.7 Å². The summed E-state index contributed by atoms with van der Waals surface area (Å²) in [6.45, 7) is 5.06. The number of nitrogens with zero attached hydrogens (tertiary/aromatic N) is 2. The summed E-state index contributed by atoms with van der Waals surface area (Å²) in [6.07, 6.45) is 2.81. The molecule has 0 saturated carbocycles. The highest BCUT2D eigenvalue weighted by Crippen LogP contribution is 2.26. The van der Waals surface area contributed by atoms with E-state index >= 15 is 0 Å². The van der Waals surface area contributed by atoms with Gasteiger partial charge in [0.2, 0.25) is 0 Å². The van der Waals surface area contributed by atoms with Crippen molar-refractivity contribution in [3.05, 3.63) is 52.3 Å². The molecule has 1 aromatic heterocycles. The third-order valence-electron chi connectivity index (χ3n) is 3.16. The van der Waals surface area contributed by atoms with Gasteiger partial charge in [0, 0.05) is 30.7 Å². The molecule has 0 saturated heterocycles. The summed E-state index contributed by atoms with van der Waals surface area (Å²) < 4.78 is 1.83. The van der Waals surface area contributed by atoms with E-state index in [1.165, 1.54) is 5.56 Å². The highest BCUT2D eigenvalue weighted by atomic mass is 35.5. The zero-order valence-corrected chi connectivity index (χ0v) is 12.4. The number of aromatic nitrogens is 2. The Morgan fingerprint density at radius 3 is 2.74 bits per heavy atom. The summed E-state index contributed by atoms with van der Waals surface area (Å²) in [5.41, 5.74) is 3.40. The van der Waals surface area contributed by atoms with Crippen LogP contribution in [0.25, 0.3) is 0 Å². The molecule has 0 aliphatic carbocycles. The van der Waals surface area contributed by atoms with E-state index in [2.05, 4.69) is 36.4 Å². The van der Waals surface area contributed by atoms with Crippen molar-refractivity contribution in [1.82, 2.24) is 15.1 Å². The van der Waals surface area contributed by atoms with Crippen LogP contribution in [-0.4, -0.2) is 16.3 Å². The molecule has 0 aliphatic heterocycles. The molecule has 1 N–H and O–H groups in total. The Morgan fingerprint density at radius 2 is 2.16 bits per heavy atom. The van der Waals surface area contributed by atoms with Crippen molar-refractivity contribution in [2.45, 2.75) is 26.3 Å². The Balaban J connectivity index is 2.23. The molecule has 0 amide bonds. The molecule has 2 aromatic rings. The van der Waals surface area contributed by atoms with Crippen molar-refractivity contribution in [3.63, 3.8) is 0 Å². The monoisotopic (exact) mass is 277 g/mol. The first kappa shape index (κ1) is 14.1. The van der Waals surface area contributed by atoms with Gasteiger partial charge in [-0.2, -0.15) is 5.10 Å². The topological polar surface area (TPSA) is 29.9 Å². The predicted molar refractivity (Wildman–Crippen MR) is 79.5 cm³/mol. The van der Waals surface area contributed by atoms with Gasteiger partial charge in [-0.3, -0.25) is 4.68 Å². The Hall–Kier alpha value is -1.32. The average molecular weight is 278 g/mol. The summed E-state index contributed by atoms with van der Waals surface area (Å²) >= 11 is 6.37. The first-order valence-electron chi connectivity index (χ1n) is 6.58. The Kier molecular flexibility index (Phi) is 4.61. The van der Waals surface area contributed by atoms with Crippen molar-refractivity contribution in [2.24, 2.45) is 7.05 Å². The third kappa shape index (κ3) is 3.58. The van der Waals surface area contributed by atoms with Gasteiger partial charge in [0.25, 0.3) is 0 Å². The molecular formula is C15H20ClN3. The lowest BCUT2D eigenvalue weighted by molar-refractivity contribution is 0.540. The van der Waals surface area contributed by atoms with E-state index in [0.29, 0.717) is 0 Å². The van der Waals surface area contributed by atoms with E-state index in [-0.39, 0.29) is 6.04 Å². The molecule has 1 unspecified atom stereocenters. The fraction of sp³-hybridized carbons (Fsp3) is 0.400. The van der Waals surface area contributed by atoms with Crippen LogP contribution in [0.15, 0.2) is 30.5 Å². The summed E-state index contributed by atoms with van der Waals surface area (Å²) in [7, 11) is 1.94. The normalized spacial score (nSPS) is 12.6. The van der Waals surface area contributed by atoms with Crippen LogP contribution in [0.3, 0.4) is 0 Å². The SMILES string of the molecule is CCNC(Cc1ccn(C)n1)c1ccc(C)cc1Cl. The van der Waals surface area contributed by atoms with Gasteiger partial charge in [0.15, 0.2) is 0 Å². The molecule has 19 heavy (non-hydrogen) atoms. The van der Waals surface area contributed by atoms with Crippen molar-refractivity contribution < 1.29 is 0 Å². The van der Waals surface area contributed by atoms with E-state index in [0.717, 1.165) is 29.2 Å². The second-order valence-electron chi connectivity index (χ2n) is 4.82. The minimum atomic E-state index is 0.202. The number of likely N-dealkylation sites (N-methyl/N-ethyl adjacent to an activating group) is 1. The van der Waals surface area contributed by atoms with E-state index in [4.69, 9.17) is 11.6 Å². The number of hydrogen-bond donors (Lipinski definition) is 1. The second-order valence-corrected chi connectivity index (χ2v) is 5.23. The van der Waals surface area contributed by atoms with Crippen LogP contribution in [0.2, 0.25) is 5.02 Å². The summed E-state index contributed by atoms with van der Waals surface area (Å²) in [6, 6.07) is 8.47. The van der Waals surface area contributed by atoms with E-state index in [9.17, 15) is 0 Å². The van der Waals surface area contributed by atoms with Crippen LogP contribution >= 0.6 is 11.6 Å². The molecular weight excluding hydrogens is 258 g/mol. The third-order valence-corrected chi connectivity index (χ3v) is 3.49. The maximum atomic E-state index is 6.37. The molecule has 1 heterocycles. The maximum Gasteiger partial charge on any atom is 0.0643 e. The molecule has 0 bridgehead atoms. The fourth-order valence-corrected chi connectivity index (χ4v) is 2.60. The molecule has 0 spiro atoms. The van der Waals surface area contributed by atoms with Gasteiger partial charge >= 0.3 is 0 Å². The standard InChI is InChI=1S/C15H20ClN3/c1-4-17-15(10-12-7-8-19(3)18-12)13-6-5-11(2)9-14(13)16/h5-9,15,17H,4,10H2,1-3H3. The van der Waals surface area contributed by atoms with Crippen LogP contribution in [0.1, 0.15) is 29.8 Å². The van der Waals surface area contributed by atoms with Crippen LogP contribution in [0, 0.1) is 6.92 Å². The van der Waals surface area contributed by atoms with Crippen LogP contribution in [0.5, 0.6) is 0 Å². The van der Waals surface area contributed by atoms with E-state index < -0.39 is 0 Å². The lowest BCUT2D eigenvalue weighted by Crippen LogP contribution is -2.23. The van der Waals surface area contributed by atoms with Gasteiger partial charge < -0.3 is 5.32 Å².